The fourth-order valence-electron chi connectivity index (χ4n) is 0.0962. The third-order valence-electron chi connectivity index (χ3n) is 0.604. The lowest BCUT2D eigenvalue weighted by Crippen LogP contribution is -2.06. The normalized spacial score (nSPS) is 13.7. The number of carbonyl (C=O) groups excluding carboxylic acids is 1. The molecule has 0 aliphatic rings. The Balaban J connectivity index is 2.96. The summed E-state index contributed by atoms with van der Waals surface area (Å²) in [4.78, 5) is 9.55. The highest BCUT2D eigenvalue weighted by Crippen LogP contribution is 1.78. The Morgan fingerprint density at radius 3 is 2.50 bits per heavy atom. The molecule has 2 nitrogen and oxygen atoms in total. The van der Waals surface area contributed by atoms with Gasteiger partial charge in [-0.3, -0.25) is 0 Å². The van der Waals surface area contributed by atoms with Crippen molar-refractivity contribution < 1.29 is 4.79 Å². The highest BCUT2D eigenvalue weighted by atomic mass is 16.1. The summed E-state index contributed by atoms with van der Waals surface area (Å²) in [5, 5.41) is 0. The van der Waals surface area contributed by atoms with Crippen LogP contribution >= 0.6 is 0 Å². The first-order valence-corrected chi connectivity index (χ1v) is 1.97. The number of hydrogen-bond acceptors (Lipinski definition) is 1. The van der Waals surface area contributed by atoms with Gasteiger partial charge < -0.3 is 4.79 Å². The van der Waals surface area contributed by atoms with E-state index in [1.54, 1.807) is 0 Å². The molecule has 0 aromatic rings. The Morgan fingerprint density at radius 2 is 2.50 bits per heavy atom. The first kappa shape index (κ1) is 5.63. The second-order valence-electron chi connectivity index (χ2n) is 1.15. The van der Waals surface area contributed by atoms with Crippen LogP contribution in [0, 0.1) is 0 Å². The van der Waals surface area contributed by atoms with Crippen molar-refractivity contribution in [3.63, 3.8) is 0 Å². The lowest BCUT2D eigenvalue weighted by atomic mass is 10.3. The number of nitrogens with one attached hydrogen (secondary N) is 1. The predicted octanol–water partition coefficient (Wildman–Crippen LogP) is 0.247. The number of rotatable bonds is 2. The molecule has 0 saturated carbocycles. The maximum atomic E-state index is 9.55. The van der Waals surface area contributed by atoms with Crippen LogP contribution in [0.4, 0.5) is 0 Å². The van der Waals surface area contributed by atoms with E-state index in [2.05, 4.69) is 0 Å². The minimum atomic E-state index is -0.495. The molecule has 1 N–H and O–H groups in total. The Labute approximate surface area is 37.3 Å². The monoisotopic (exact) mass is 86.1 g/mol. The third-order valence-corrected chi connectivity index (χ3v) is 0.604. The molecule has 0 rings (SSSR count). The fraction of sp³-hybridized carbons (Fsp3) is 0.750. The topological polar surface area (TPSA) is 40.9 Å². The smallest absolute Gasteiger partial charge is 0.138 e. The van der Waals surface area contributed by atoms with E-state index in [-0.39, 0.29) is 0 Å². The summed E-state index contributed by atoms with van der Waals surface area (Å²) in [6.07, 6.45) is 1.27. The van der Waals surface area contributed by atoms with Crippen LogP contribution < -0.4 is 5.73 Å². The lowest BCUT2D eigenvalue weighted by molar-refractivity contribution is -0.109. The van der Waals surface area contributed by atoms with Crippen LogP contribution in [-0.2, 0) is 4.79 Å². The maximum Gasteiger partial charge on any atom is 0.138 e. The summed E-state index contributed by atoms with van der Waals surface area (Å²) in [6, 6.07) is -0.495. The molecule has 0 fully saturated rings. The number of hydrogen-bond donors (Lipinski definition) is 0. The molecule has 2 heteroatoms. The van der Waals surface area contributed by atoms with E-state index in [0.717, 1.165) is 0 Å². The minimum absolute atomic E-state index is 0.495. The molecule has 0 amide bonds. The van der Waals surface area contributed by atoms with Crippen molar-refractivity contribution in [2.75, 3.05) is 0 Å². The molecule has 0 aliphatic heterocycles. The van der Waals surface area contributed by atoms with Gasteiger partial charge in [0, 0.05) is 0 Å². The summed E-state index contributed by atoms with van der Waals surface area (Å²) < 4.78 is 0. The molecular formula is C4H8NO. The average Bonchev–Trinajstić information content (AvgIpc) is 1.65. The van der Waals surface area contributed by atoms with Gasteiger partial charge in [0.2, 0.25) is 0 Å². The van der Waals surface area contributed by atoms with Crippen LogP contribution in [-0.4, -0.2) is 12.3 Å². The van der Waals surface area contributed by atoms with Crippen molar-refractivity contribution in [2.24, 2.45) is 0 Å². The fourth-order valence-corrected chi connectivity index (χ4v) is 0.0962. The van der Waals surface area contributed by atoms with E-state index in [0.29, 0.717) is 12.7 Å². The molecule has 0 bridgehead atoms. The first-order valence-electron chi connectivity index (χ1n) is 1.97. The quantitative estimate of drug-likeness (QED) is 0.444. The van der Waals surface area contributed by atoms with Crippen LogP contribution in [0.15, 0.2) is 0 Å². The minimum Gasteiger partial charge on any atom is -0.302 e. The molecule has 1 radical (unpaired) electrons. The summed E-state index contributed by atoms with van der Waals surface area (Å²) in [5.74, 6) is 0. The van der Waals surface area contributed by atoms with E-state index >= 15 is 0 Å². The molecule has 1 unspecified atom stereocenters. The van der Waals surface area contributed by atoms with E-state index in [9.17, 15) is 4.79 Å². The highest BCUT2D eigenvalue weighted by molar-refractivity contribution is 5.56. The summed E-state index contributed by atoms with van der Waals surface area (Å²) in [6.45, 7) is 1.81. The van der Waals surface area contributed by atoms with Gasteiger partial charge in [-0.2, -0.15) is 0 Å². The first-order chi connectivity index (χ1) is 2.81. The van der Waals surface area contributed by atoms with Crippen molar-refractivity contribution in [3.8, 4) is 0 Å². The van der Waals surface area contributed by atoms with Gasteiger partial charge in [0.15, 0.2) is 0 Å². The van der Waals surface area contributed by atoms with E-state index < -0.39 is 6.04 Å². The molecule has 0 aromatic heterocycles. The zero-order valence-electron chi connectivity index (χ0n) is 3.77. The van der Waals surface area contributed by atoms with E-state index in [1.165, 1.54) is 0 Å². The van der Waals surface area contributed by atoms with Crippen LogP contribution in [0.25, 0.3) is 0 Å². The molecule has 35 valence electrons. The van der Waals surface area contributed by atoms with Gasteiger partial charge in [-0.05, 0) is 6.42 Å². The van der Waals surface area contributed by atoms with Gasteiger partial charge in [0.05, 0.1) is 6.04 Å². The molecule has 1 atom stereocenters. The van der Waals surface area contributed by atoms with Crippen molar-refractivity contribution in [3.05, 3.63) is 0 Å². The van der Waals surface area contributed by atoms with Crippen molar-refractivity contribution in [1.82, 2.24) is 5.73 Å². The van der Waals surface area contributed by atoms with Crippen LogP contribution in [0.1, 0.15) is 13.3 Å². The second kappa shape index (κ2) is 2.85. The number of carbonyl (C=O) groups is 1. The second-order valence-corrected chi connectivity index (χ2v) is 1.15. The van der Waals surface area contributed by atoms with E-state index in [4.69, 9.17) is 5.73 Å². The van der Waals surface area contributed by atoms with Gasteiger partial charge in [-0.25, -0.2) is 5.73 Å². The molecule has 0 heterocycles. The zero-order valence-corrected chi connectivity index (χ0v) is 3.77. The van der Waals surface area contributed by atoms with Gasteiger partial charge in [-0.1, -0.05) is 6.92 Å². The summed E-state index contributed by atoms with van der Waals surface area (Å²) in [7, 11) is 0. The van der Waals surface area contributed by atoms with Crippen molar-refractivity contribution >= 4 is 6.29 Å². The van der Waals surface area contributed by atoms with Gasteiger partial charge in [0.25, 0.3) is 0 Å². The number of aldehydes is 1. The van der Waals surface area contributed by atoms with Crippen LogP contribution in [0.3, 0.4) is 0 Å². The van der Waals surface area contributed by atoms with E-state index in [1.807, 2.05) is 6.92 Å². The molecule has 0 spiro atoms. The SMILES string of the molecule is CCC([NH])C=O. The Hall–Kier alpha value is -0.370. The zero-order chi connectivity index (χ0) is 4.99. The highest BCUT2D eigenvalue weighted by Gasteiger charge is 1.90. The molecule has 0 aliphatic carbocycles. The van der Waals surface area contributed by atoms with Crippen molar-refractivity contribution in [2.45, 2.75) is 19.4 Å². The molecular weight excluding hydrogens is 78.0 g/mol. The largest absolute Gasteiger partial charge is 0.302 e. The van der Waals surface area contributed by atoms with Gasteiger partial charge in [-0.15, -0.1) is 0 Å². The van der Waals surface area contributed by atoms with Gasteiger partial charge in [0.1, 0.15) is 6.29 Å². The van der Waals surface area contributed by atoms with Gasteiger partial charge >= 0.3 is 0 Å². The maximum absolute atomic E-state index is 9.55. The Morgan fingerprint density at radius 1 is 2.00 bits per heavy atom. The standard InChI is InChI=1S/C4H8NO/c1-2-4(5)3-6/h3-5H,2H2,1H3. The molecule has 0 aromatic carbocycles. The summed E-state index contributed by atoms with van der Waals surface area (Å²) >= 11 is 0. The lowest BCUT2D eigenvalue weighted by Gasteiger charge is -1.88. The van der Waals surface area contributed by atoms with Crippen LogP contribution in [0.5, 0.6) is 0 Å². The molecule has 0 saturated heterocycles. The third kappa shape index (κ3) is 1.91. The summed E-state index contributed by atoms with van der Waals surface area (Å²) in [5.41, 5.74) is 6.70. The average molecular weight is 86.1 g/mol. The molecule has 6 heavy (non-hydrogen) atoms. The Kier molecular flexibility index (Phi) is 2.67. The predicted molar refractivity (Wildman–Crippen MR) is 23.2 cm³/mol. The van der Waals surface area contributed by atoms with Crippen LogP contribution in [0.2, 0.25) is 0 Å². The van der Waals surface area contributed by atoms with Crippen molar-refractivity contribution in [1.29, 1.82) is 0 Å². The Bertz CT molecular complexity index is 44.8.